The first-order valence-electron chi connectivity index (χ1n) is 27.8. The normalized spacial score (nSPS) is 12.5. The number of hydrogen-bond acceptors (Lipinski definition) is 6. The van der Waals surface area contributed by atoms with Crippen LogP contribution in [0.3, 0.4) is 0 Å². The molecule has 0 rings (SSSR count). The van der Waals surface area contributed by atoms with E-state index in [0.29, 0.717) is 19.3 Å². The number of ether oxygens (including phenoxy) is 3. The smallest absolute Gasteiger partial charge is 0.306 e. The Labute approximate surface area is 402 Å². The highest BCUT2D eigenvalue weighted by molar-refractivity contribution is 5.71. The van der Waals surface area contributed by atoms with Crippen LogP contribution in [0.15, 0.2) is 60.8 Å². The van der Waals surface area contributed by atoms with Crippen molar-refractivity contribution < 1.29 is 28.6 Å². The first kappa shape index (κ1) is 62.1. The molecule has 0 radical (unpaired) electrons. The summed E-state index contributed by atoms with van der Waals surface area (Å²) in [6.45, 7) is 6.51. The molecule has 0 aromatic carbocycles. The fraction of sp³-hybridized carbons (Fsp3) is 0.780. The molecule has 0 saturated carbocycles. The zero-order valence-electron chi connectivity index (χ0n) is 43.0. The molecule has 0 spiro atoms. The van der Waals surface area contributed by atoms with Crippen molar-refractivity contribution in [1.29, 1.82) is 0 Å². The molecule has 6 heteroatoms. The number of allylic oxidation sites excluding steroid dienone is 10. The maximum absolute atomic E-state index is 12.8. The van der Waals surface area contributed by atoms with E-state index in [9.17, 15) is 14.4 Å². The Morgan fingerprint density at radius 3 is 0.985 bits per heavy atom. The highest BCUT2D eigenvalue weighted by Crippen LogP contribution is 2.16. The van der Waals surface area contributed by atoms with Crippen LogP contribution >= 0.6 is 0 Å². The molecule has 1 unspecified atom stereocenters. The van der Waals surface area contributed by atoms with Crippen molar-refractivity contribution in [3.8, 4) is 0 Å². The summed E-state index contributed by atoms with van der Waals surface area (Å²) in [5.41, 5.74) is 0. The molecule has 0 heterocycles. The Balaban J connectivity index is 4.42. The number of rotatable bonds is 50. The van der Waals surface area contributed by atoms with Gasteiger partial charge >= 0.3 is 17.9 Å². The Hall–Kier alpha value is -2.89. The van der Waals surface area contributed by atoms with Crippen LogP contribution in [-0.4, -0.2) is 37.2 Å². The number of esters is 3. The van der Waals surface area contributed by atoms with Gasteiger partial charge in [0.25, 0.3) is 0 Å². The summed E-state index contributed by atoms with van der Waals surface area (Å²) in [7, 11) is 0. The number of carbonyl (C=O) groups excluding carboxylic acids is 3. The molecular weight excluding hydrogens is 805 g/mol. The first-order valence-corrected chi connectivity index (χ1v) is 27.8. The minimum atomic E-state index is -0.787. The van der Waals surface area contributed by atoms with Crippen LogP contribution in [-0.2, 0) is 28.6 Å². The highest BCUT2D eigenvalue weighted by Gasteiger charge is 2.19. The molecule has 0 amide bonds. The molecule has 376 valence electrons. The third-order valence-electron chi connectivity index (χ3n) is 12.0. The summed E-state index contributed by atoms with van der Waals surface area (Å²) in [5, 5.41) is 0. The quantitative estimate of drug-likeness (QED) is 0.0262. The van der Waals surface area contributed by atoms with E-state index in [-0.39, 0.29) is 31.1 Å². The topological polar surface area (TPSA) is 78.9 Å². The van der Waals surface area contributed by atoms with Crippen LogP contribution in [0.5, 0.6) is 0 Å². The monoisotopic (exact) mass is 909 g/mol. The number of hydrogen-bond donors (Lipinski definition) is 0. The van der Waals surface area contributed by atoms with Gasteiger partial charge in [0.1, 0.15) is 13.2 Å². The van der Waals surface area contributed by atoms with Gasteiger partial charge in [-0.1, -0.05) is 236 Å². The molecule has 0 N–H and O–H groups in total. The molecule has 6 nitrogen and oxygen atoms in total. The van der Waals surface area contributed by atoms with Crippen molar-refractivity contribution in [2.75, 3.05) is 13.2 Å². The van der Waals surface area contributed by atoms with E-state index in [1.165, 1.54) is 148 Å². The first-order chi connectivity index (χ1) is 32.0. The van der Waals surface area contributed by atoms with E-state index in [1.54, 1.807) is 0 Å². The lowest BCUT2D eigenvalue weighted by molar-refractivity contribution is -0.167. The number of unbranched alkanes of at least 4 members (excludes halogenated alkanes) is 29. The van der Waals surface area contributed by atoms with Gasteiger partial charge in [0.05, 0.1) is 0 Å². The Morgan fingerprint density at radius 1 is 0.323 bits per heavy atom. The van der Waals surface area contributed by atoms with Crippen LogP contribution in [0.1, 0.15) is 278 Å². The molecule has 65 heavy (non-hydrogen) atoms. The van der Waals surface area contributed by atoms with Gasteiger partial charge in [-0.15, -0.1) is 0 Å². The van der Waals surface area contributed by atoms with Gasteiger partial charge in [0.2, 0.25) is 0 Å². The van der Waals surface area contributed by atoms with Crippen LogP contribution in [0, 0.1) is 0 Å². The van der Waals surface area contributed by atoms with E-state index in [2.05, 4.69) is 81.5 Å². The SMILES string of the molecule is CC/C=C\C/C=C\C/C=C\C/C=C\CCCCCC(=O)OCC(COC(=O)CCCCCCCCC/C=C\CCCCCC)OC(=O)CCCCCCCCCCCCCCCCCC. The standard InChI is InChI=1S/C59H104O6/c1-4-7-10-13-16-19-22-25-28-31-34-37-40-43-46-49-52-58(61)64-55-56(54-63-57(60)51-48-45-42-39-36-33-30-27-24-21-18-15-12-9-6-3)65-59(62)53-50-47-44-41-38-35-32-29-26-23-20-17-14-11-8-5-2/h7,10,16,19,21,24-25,28,34,37,56H,4-6,8-9,11-15,17-18,20,22-23,26-27,29-33,35-36,38-55H2,1-3H3/b10-7-,19-16-,24-21-,28-25-,37-34-. The molecule has 0 aliphatic carbocycles. The van der Waals surface area contributed by atoms with E-state index >= 15 is 0 Å². The molecule has 0 aliphatic heterocycles. The third-order valence-corrected chi connectivity index (χ3v) is 12.0. The average Bonchev–Trinajstić information content (AvgIpc) is 3.30. The Kier molecular flexibility index (Phi) is 51.3. The molecule has 0 fully saturated rings. The Bertz CT molecular complexity index is 1180. The fourth-order valence-corrected chi connectivity index (χ4v) is 7.84. The molecule has 0 bridgehead atoms. The van der Waals surface area contributed by atoms with Crippen molar-refractivity contribution >= 4 is 17.9 Å². The average molecular weight is 909 g/mol. The third kappa shape index (κ3) is 51.9. The van der Waals surface area contributed by atoms with E-state index < -0.39 is 6.10 Å². The van der Waals surface area contributed by atoms with E-state index in [0.717, 1.165) is 89.9 Å². The lowest BCUT2D eigenvalue weighted by atomic mass is 10.0. The fourth-order valence-electron chi connectivity index (χ4n) is 7.84. The second-order valence-electron chi connectivity index (χ2n) is 18.5. The van der Waals surface area contributed by atoms with Gasteiger partial charge in [-0.2, -0.15) is 0 Å². The van der Waals surface area contributed by atoms with Crippen LogP contribution in [0.2, 0.25) is 0 Å². The van der Waals surface area contributed by atoms with E-state index in [1.807, 2.05) is 0 Å². The number of carbonyl (C=O) groups is 3. The maximum Gasteiger partial charge on any atom is 0.306 e. The second-order valence-corrected chi connectivity index (χ2v) is 18.5. The van der Waals surface area contributed by atoms with Crippen LogP contribution in [0.4, 0.5) is 0 Å². The van der Waals surface area contributed by atoms with Gasteiger partial charge in [0.15, 0.2) is 6.10 Å². The second kappa shape index (κ2) is 53.7. The van der Waals surface area contributed by atoms with E-state index in [4.69, 9.17) is 14.2 Å². The lowest BCUT2D eigenvalue weighted by Crippen LogP contribution is -2.30. The lowest BCUT2D eigenvalue weighted by Gasteiger charge is -2.18. The predicted molar refractivity (Wildman–Crippen MR) is 279 cm³/mol. The highest BCUT2D eigenvalue weighted by atomic mass is 16.6. The van der Waals surface area contributed by atoms with Crippen molar-refractivity contribution in [3.05, 3.63) is 60.8 Å². The summed E-state index contributed by atoms with van der Waals surface area (Å²) in [6, 6.07) is 0. The minimum Gasteiger partial charge on any atom is -0.462 e. The summed E-state index contributed by atoms with van der Waals surface area (Å²) in [4.78, 5) is 38.1. The molecule has 0 aromatic rings. The van der Waals surface area contributed by atoms with Crippen molar-refractivity contribution in [3.63, 3.8) is 0 Å². The molecule has 0 saturated heterocycles. The molecule has 0 aromatic heterocycles. The van der Waals surface area contributed by atoms with Gasteiger partial charge in [-0.05, 0) is 83.5 Å². The minimum absolute atomic E-state index is 0.0845. The maximum atomic E-state index is 12.8. The Morgan fingerprint density at radius 2 is 0.600 bits per heavy atom. The van der Waals surface area contributed by atoms with Crippen molar-refractivity contribution in [2.24, 2.45) is 0 Å². The van der Waals surface area contributed by atoms with Gasteiger partial charge in [-0.25, -0.2) is 0 Å². The molecule has 1 atom stereocenters. The summed E-state index contributed by atoms with van der Waals surface area (Å²) in [6.07, 6.45) is 66.3. The molecular formula is C59H104O6. The van der Waals surface area contributed by atoms with Gasteiger partial charge < -0.3 is 14.2 Å². The summed E-state index contributed by atoms with van der Waals surface area (Å²) >= 11 is 0. The van der Waals surface area contributed by atoms with Gasteiger partial charge in [0, 0.05) is 19.3 Å². The van der Waals surface area contributed by atoms with Crippen molar-refractivity contribution in [2.45, 2.75) is 284 Å². The van der Waals surface area contributed by atoms with Gasteiger partial charge in [-0.3, -0.25) is 14.4 Å². The van der Waals surface area contributed by atoms with Crippen molar-refractivity contribution in [1.82, 2.24) is 0 Å². The van der Waals surface area contributed by atoms with Crippen LogP contribution < -0.4 is 0 Å². The summed E-state index contributed by atoms with van der Waals surface area (Å²) < 4.78 is 16.8. The zero-order valence-corrected chi connectivity index (χ0v) is 43.0. The largest absolute Gasteiger partial charge is 0.462 e. The molecule has 0 aliphatic rings. The predicted octanol–water partition coefficient (Wildman–Crippen LogP) is 18.4. The summed E-state index contributed by atoms with van der Waals surface area (Å²) in [5.74, 6) is -0.910. The zero-order chi connectivity index (χ0) is 47.2. The van der Waals surface area contributed by atoms with Crippen LogP contribution in [0.25, 0.3) is 0 Å².